The van der Waals surface area contributed by atoms with Gasteiger partial charge in [-0.2, -0.15) is 0 Å². The van der Waals surface area contributed by atoms with Crippen LogP contribution in [0.3, 0.4) is 0 Å². The molecule has 0 N–H and O–H groups in total. The first-order chi connectivity index (χ1) is 31.8. The van der Waals surface area contributed by atoms with E-state index in [0.717, 1.165) is 50.0 Å². The summed E-state index contributed by atoms with van der Waals surface area (Å²) in [6, 6.07) is 81.5. The molecular formula is C60H37N3O. The van der Waals surface area contributed by atoms with E-state index in [1.54, 1.807) is 0 Å². The maximum atomic E-state index is 6.66. The second-order valence-electron chi connectivity index (χ2n) is 16.9. The Morgan fingerprint density at radius 2 is 0.781 bits per heavy atom. The Hall–Kier alpha value is -8.60. The van der Waals surface area contributed by atoms with Gasteiger partial charge in [0.05, 0.1) is 38.8 Å². The summed E-state index contributed by atoms with van der Waals surface area (Å²) in [7, 11) is 0. The van der Waals surface area contributed by atoms with Gasteiger partial charge in [-0.15, -0.1) is 0 Å². The van der Waals surface area contributed by atoms with E-state index in [9.17, 15) is 0 Å². The van der Waals surface area contributed by atoms with E-state index in [-0.39, 0.29) is 0 Å². The van der Waals surface area contributed by atoms with Crippen LogP contribution in [0.15, 0.2) is 229 Å². The number of nitrogens with zero attached hydrogens (tertiary/aromatic N) is 3. The summed E-state index contributed by atoms with van der Waals surface area (Å²) in [5.74, 6) is 0. The Labute approximate surface area is 367 Å². The number of hydrogen-bond acceptors (Lipinski definition) is 1. The second-order valence-corrected chi connectivity index (χ2v) is 16.9. The average Bonchev–Trinajstić information content (AvgIpc) is 4.10. The molecule has 4 heteroatoms. The largest absolute Gasteiger partial charge is 0.454 e. The minimum absolute atomic E-state index is 0.889. The minimum atomic E-state index is 0.889. The standard InChI is InChI=1S/C60H37N3O/c1-3-16-38(17-4-1)48-37-58-51(44-22-9-13-27-54(44)63(58)57-28-15-24-46-45-23-10-14-29-59(45)64-60(46)57)36-47(48)39-30-32-55-49(34-39)42-20-7-12-26-53(42)62(55)41-31-33-56-50(35-41)43-21-8-11-25-52(43)61(56)40-18-5-2-6-19-40/h1-37H. The first-order valence-electron chi connectivity index (χ1n) is 21.9. The highest BCUT2D eigenvalue weighted by Gasteiger charge is 2.22. The van der Waals surface area contributed by atoms with E-state index in [1.165, 1.54) is 76.6 Å². The van der Waals surface area contributed by atoms with Crippen LogP contribution >= 0.6 is 0 Å². The topological polar surface area (TPSA) is 27.9 Å². The van der Waals surface area contributed by atoms with E-state index < -0.39 is 0 Å². The van der Waals surface area contributed by atoms with Gasteiger partial charge in [0.15, 0.2) is 5.58 Å². The van der Waals surface area contributed by atoms with E-state index in [1.807, 2.05) is 6.07 Å². The molecule has 0 unspecified atom stereocenters. The first kappa shape index (κ1) is 35.0. The number of fused-ring (bicyclic) bond motifs is 12. The summed E-state index contributed by atoms with van der Waals surface area (Å²) in [5.41, 5.74) is 16.9. The summed E-state index contributed by atoms with van der Waals surface area (Å²) >= 11 is 0. The third-order valence-electron chi connectivity index (χ3n) is 13.4. The van der Waals surface area contributed by atoms with Gasteiger partial charge in [-0.05, 0) is 107 Å². The van der Waals surface area contributed by atoms with Gasteiger partial charge in [-0.25, -0.2) is 0 Å². The van der Waals surface area contributed by atoms with Crippen LogP contribution in [0, 0.1) is 0 Å². The van der Waals surface area contributed by atoms with Crippen molar-refractivity contribution in [2.75, 3.05) is 0 Å². The van der Waals surface area contributed by atoms with Crippen molar-refractivity contribution in [2.45, 2.75) is 0 Å². The second kappa shape index (κ2) is 13.4. The smallest absolute Gasteiger partial charge is 0.159 e. The van der Waals surface area contributed by atoms with Crippen LogP contribution in [0.25, 0.3) is 127 Å². The number of aromatic nitrogens is 3. The van der Waals surface area contributed by atoms with Crippen molar-refractivity contribution in [3.63, 3.8) is 0 Å². The molecule has 4 nitrogen and oxygen atoms in total. The lowest BCUT2D eigenvalue weighted by atomic mass is 9.92. The predicted molar refractivity (Wildman–Crippen MR) is 268 cm³/mol. The van der Waals surface area contributed by atoms with E-state index >= 15 is 0 Å². The van der Waals surface area contributed by atoms with Gasteiger partial charge in [-0.1, -0.05) is 140 Å². The lowest BCUT2D eigenvalue weighted by molar-refractivity contribution is 0.666. The molecular weight excluding hydrogens is 779 g/mol. The van der Waals surface area contributed by atoms with Gasteiger partial charge in [0, 0.05) is 54.5 Å². The molecule has 0 fully saturated rings. The monoisotopic (exact) mass is 815 g/mol. The fraction of sp³-hybridized carbons (Fsp3) is 0. The Kier molecular flexibility index (Phi) is 7.36. The van der Waals surface area contributed by atoms with Gasteiger partial charge >= 0.3 is 0 Å². The Balaban J connectivity index is 1.00. The number of para-hydroxylation sites is 6. The van der Waals surface area contributed by atoms with E-state index in [4.69, 9.17) is 4.42 Å². The molecule has 0 saturated carbocycles. The van der Waals surface area contributed by atoms with Crippen molar-refractivity contribution in [1.29, 1.82) is 0 Å². The predicted octanol–water partition coefficient (Wildman–Crippen LogP) is 16.2. The van der Waals surface area contributed by atoms with Crippen molar-refractivity contribution in [3.05, 3.63) is 224 Å². The summed E-state index contributed by atoms with van der Waals surface area (Å²) in [6.07, 6.45) is 0. The molecule has 4 aromatic heterocycles. The maximum absolute atomic E-state index is 6.66. The molecule has 0 aliphatic rings. The molecule has 64 heavy (non-hydrogen) atoms. The molecule has 298 valence electrons. The van der Waals surface area contributed by atoms with Gasteiger partial charge in [0.25, 0.3) is 0 Å². The Bertz CT molecular complexity index is 4180. The molecule has 0 saturated heterocycles. The third kappa shape index (κ3) is 4.99. The van der Waals surface area contributed by atoms with Crippen molar-refractivity contribution < 1.29 is 4.42 Å². The number of furan rings is 1. The molecule has 0 atom stereocenters. The zero-order valence-electron chi connectivity index (χ0n) is 34.6. The zero-order valence-corrected chi connectivity index (χ0v) is 34.6. The Morgan fingerprint density at radius 3 is 1.50 bits per heavy atom. The van der Waals surface area contributed by atoms with Gasteiger partial charge in [0.1, 0.15) is 5.58 Å². The molecule has 0 bridgehead atoms. The van der Waals surface area contributed by atoms with E-state index in [0.29, 0.717) is 0 Å². The first-order valence-corrected chi connectivity index (χ1v) is 21.9. The fourth-order valence-electron chi connectivity index (χ4n) is 10.7. The van der Waals surface area contributed by atoms with Crippen molar-refractivity contribution in [1.82, 2.24) is 13.7 Å². The number of hydrogen-bond donors (Lipinski definition) is 0. The summed E-state index contributed by atoms with van der Waals surface area (Å²) in [4.78, 5) is 0. The average molecular weight is 816 g/mol. The number of rotatable bonds is 5. The molecule has 14 aromatic rings. The van der Waals surface area contributed by atoms with E-state index in [2.05, 4.69) is 232 Å². The molecule has 10 aromatic carbocycles. The molecule has 4 heterocycles. The molecule has 14 rings (SSSR count). The van der Waals surface area contributed by atoms with Gasteiger partial charge < -0.3 is 18.1 Å². The van der Waals surface area contributed by atoms with Crippen LogP contribution in [0.2, 0.25) is 0 Å². The maximum Gasteiger partial charge on any atom is 0.159 e. The highest BCUT2D eigenvalue weighted by atomic mass is 16.3. The highest BCUT2D eigenvalue weighted by molar-refractivity contribution is 6.17. The quantitative estimate of drug-likeness (QED) is 0.170. The molecule has 0 aliphatic carbocycles. The van der Waals surface area contributed by atoms with Crippen LogP contribution < -0.4 is 0 Å². The minimum Gasteiger partial charge on any atom is -0.454 e. The van der Waals surface area contributed by atoms with Crippen molar-refractivity contribution in [3.8, 4) is 39.3 Å². The van der Waals surface area contributed by atoms with Crippen LogP contribution in [-0.2, 0) is 0 Å². The van der Waals surface area contributed by atoms with Crippen LogP contribution in [0.1, 0.15) is 0 Å². The highest BCUT2D eigenvalue weighted by Crippen LogP contribution is 2.45. The molecule has 0 aliphatic heterocycles. The summed E-state index contributed by atoms with van der Waals surface area (Å²) in [5, 5.41) is 9.56. The summed E-state index contributed by atoms with van der Waals surface area (Å²) < 4.78 is 13.9. The Morgan fingerprint density at radius 1 is 0.266 bits per heavy atom. The zero-order chi connectivity index (χ0) is 41.9. The van der Waals surface area contributed by atoms with Gasteiger partial charge in [0.2, 0.25) is 0 Å². The normalized spacial score (nSPS) is 12.1. The molecule has 0 spiro atoms. The van der Waals surface area contributed by atoms with Crippen molar-refractivity contribution in [2.24, 2.45) is 0 Å². The van der Waals surface area contributed by atoms with Crippen LogP contribution in [0.5, 0.6) is 0 Å². The molecule has 0 radical (unpaired) electrons. The number of benzene rings is 10. The van der Waals surface area contributed by atoms with Crippen molar-refractivity contribution >= 4 is 87.4 Å². The third-order valence-corrected chi connectivity index (χ3v) is 13.4. The lowest BCUT2D eigenvalue weighted by Crippen LogP contribution is -1.96. The summed E-state index contributed by atoms with van der Waals surface area (Å²) in [6.45, 7) is 0. The molecule has 0 amide bonds. The van der Waals surface area contributed by atoms with Crippen LogP contribution in [0.4, 0.5) is 0 Å². The fourth-order valence-corrected chi connectivity index (χ4v) is 10.7. The van der Waals surface area contributed by atoms with Gasteiger partial charge in [-0.3, -0.25) is 0 Å². The lowest BCUT2D eigenvalue weighted by Gasteiger charge is -2.14. The SMILES string of the molecule is c1ccc(-c2cc3c(cc2-c2ccc4c(c2)c2ccccc2n4-c2ccc4c(c2)c2ccccc2n4-c2ccccc2)c2ccccc2n3-c2cccc3c2oc2ccccc23)cc1. The van der Waals surface area contributed by atoms with Crippen LogP contribution in [-0.4, -0.2) is 13.7 Å².